The molecule has 0 heterocycles. The summed E-state index contributed by atoms with van der Waals surface area (Å²) in [5.41, 5.74) is 15.3. The Morgan fingerprint density at radius 3 is 0.476 bits per heavy atom. The summed E-state index contributed by atoms with van der Waals surface area (Å²) in [6.45, 7) is 0. The average molecular weight is 1050 g/mol. The highest BCUT2D eigenvalue weighted by Crippen LogP contribution is 2.47. The van der Waals surface area contributed by atoms with Crippen LogP contribution in [0.25, 0.3) is 53.9 Å². The zero-order chi connectivity index (χ0) is 54.6. The van der Waals surface area contributed by atoms with E-state index in [4.69, 9.17) is 20.0 Å². The van der Waals surface area contributed by atoms with Crippen LogP contribution in [0, 0.1) is 0 Å². The third kappa shape index (κ3) is 9.76. The van der Waals surface area contributed by atoms with E-state index in [9.17, 15) is 0 Å². The van der Waals surface area contributed by atoms with Gasteiger partial charge in [0.2, 0.25) is 0 Å². The summed E-state index contributed by atoms with van der Waals surface area (Å²) in [6.07, 6.45) is 0. The first-order valence-electron chi connectivity index (χ1n) is 27.8. The fourth-order valence-corrected chi connectivity index (χ4v) is 11.5. The molecular weight excluding hydrogens is 993 g/mol. The topological polar surface area (TPSA) is 49.4 Å². The maximum absolute atomic E-state index is 5.57. The quantitative estimate of drug-likeness (QED) is 0.0865. The molecule has 14 rings (SSSR count). The van der Waals surface area contributed by atoms with Crippen LogP contribution in [-0.4, -0.2) is 22.8 Å². The van der Waals surface area contributed by atoms with Crippen LogP contribution in [0.5, 0.6) is 0 Å². The van der Waals surface area contributed by atoms with Crippen molar-refractivity contribution in [2.75, 3.05) is 0 Å². The highest BCUT2D eigenvalue weighted by molar-refractivity contribution is 6.40. The first kappa shape index (κ1) is 49.4. The van der Waals surface area contributed by atoms with E-state index in [0.717, 1.165) is 144 Å². The molecule has 0 bridgehead atoms. The summed E-state index contributed by atoms with van der Waals surface area (Å²) in [4.78, 5) is 22.3. The molecule has 14 aromatic carbocycles. The van der Waals surface area contributed by atoms with Gasteiger partial charge in [0.1, 0.15) is 0 Å². The van der Waals surface area contributed by atoms with Crippen molar-refractivity contribution in [2.24, 2.45) is 20.0 Å². The standard InChI is InChI=1S/C78H52N4/c1-9-25-53(26-10-1)75(54-27-11-2-12-28-54)79-61-41-45-65-66-46-42-63(81-77(57-33-17-5-18-34-57)58-35-19-6-20-36-58)51-71(66)74-72-52-64(82-78(59-37-21-7-22-38-59)60-39-23-8-24-40-60)44-48-68(72)67-47-43-62(50-70(67)73(74)69(65)49-61)80-76(55-29-13-3-14-30-55)56-31-15-4-16-32-56/h1-52H. The largest absolute Gasteiger partial charge is 0.248 e. The van der Waals surface area contributed by atoms with Crippen LogP contribution < -0.4 is 0 Å². The third-order valence-electron chi connectivity index (χ3n) is 15.3. The molecule has 0 amide bonds. The molecule has 14 aromatic rings. The molecule has 4 nitrogen and oxygen atoms in total. The lowest BCUT2D eigenvalue weighted by molar-refractivity contribution is 1.48. The Balaban J connectivity index is 1.12. The number of fused-ring (bicyclic) bond motifs is 11. The molecule has 4 heteroatoms. The maximum atomic E-state index is 5.57. The maximum Gasteiger partial charge on any atom is 0.0781 e. The molecule has 0 saturated carbocycles. The van der Waals surface area contributed by atoms with Gasteiger partial charge in [0.25, 0.3) is 0 Å². The minimum atomic E-state index is 0.846. The van der Waals surface area contributed by atoms with E-state index in [1.807, 2.05) is 0 Å². The molecule has 0 N–H and O–H groups in total. The van der Waals surface area contributed by atoms with Gasteiger partial charge in [-0.15, -0.1) is 0 Å². The summed E-state index contributed by atoms with van der Waals surface area (Å²) in [5.74, 6) is 0. The Hall–Kier alpha value is -10.9. The second kappa shape index (κ2) is 22.1. The van der Waals surface area contributed by atoms with Gasteiger partial charge in [-0.05, 0) is 102 Å². The fourth-order valence-electron chi connectivity index (χ4n) is 11.5. The Bertz CT molecular complexity index is 3990. The van der Waals surface area contributed by atoms with Gasteiger partial charge in [-0.2, -0.15) is 0 Å². The molecule has 82 heavy (non-hydrogen) atoms. The molecule has 0 atom stereocenters. The van der Waals surface area contributed by atoms with Crippen molar-refractivity contribution in [3.63, 3.8) is 0 Å². The third-order valence-corrected chi connectivity index (χ3v) is 15.3. The lowest BCUT2D eigenvalue weighted by Crippen LogP contribution is -2.02. The van der Waals surface area contributed by atoms with E-state index in [0.29, 0.717) is 0 Å². The number of rotatable bonds is 12. The van der Waals surface area contributed by atoms with Crippen molar-refractivity contribution in [3.05, 3.63) is 360 Å². The fraction of sp³-hybridized carbons (Fsp3) is 0. The molecule has 384 valence electrons. The van der Waals surface area contributed by atoms with Crippen molar-refractivity contribution in [1.82, 2.24) is 0 Å². The molecular formula is C78H52N4. The monoisotopic (exact) mass is 1040 g/mol. The SMILES string of the molecule is c1ccc(C(=Nc2ccc3c4ccc(N=C(c5ccccc5)c5ccccc5)cc4c4c5cc(N=C(c6ccccc6)c6ccccc6)ccc5c5ccc(N=C(c6ccccc6)c6ccccc6)cc5c4c3c2)c2ccccc2)cc1. The van der Waals surface area contributed by atoms with Gasteiger partial charge < -0.3 is 0 Å². The summed E-state index contributed by atoms with van der Waals surface area (Å²) in [5, 5.41) is 11.0. The van der Waals surface area contributed by atoms with Crippen LogP contribution in [-0.2, 0) is 0 Å². The van der Waals surface area contributed by atoms with E-state index in [1.54, 1.807) is 0 Å². The van der Waals surface area contributed by atoms with Crippen LogP contribution in [0.15, 0.2) is 335 Å². The van der Waals surface area contributed by atoms with Crippen molar-refractivity contribution in [2.45, 2.75) is 0 Å². The molecule has 0 aromatic heterocycles. The second-order valence-corrected chi connectivity index (χ2v) is 20.4. The lowest BCUT2D eigenvalue weighted by Gasteiger charge is -2.18. The summed E-state index contributed by atoms with van der Waals surface area (Å²) in [6, 6.07) is 111. The summed E-state index contributed by atoms with van der Waals surface area (Å²) < 4.78 is 0. The van der Waals surface area contributed by atoms with E-state index in [2.05, 4.69) is 315 Å². The van der Waals surface area contributed by atoms with Crippen molar-refractivity contribution < 1.29 is 0 Å². The molecule has 0 unspecified atom stereocenters. The van der Waals surface area contributed by atoms with E-state index in [1.165, 1.54) is 0 Å². The number of hydrogen-bond acceptors (Lipinski definition) is 4. The van der Waals surface area contributed by atoms with Gasteiger partial charge in [0.05, 0.1) is 45.6 Å². The summed E-state index contributed by atoms with van der Waals surface area (Å²) >= 11 is 0. The van der Waals surface area contributed by atoms with Gasteiger partial charge in [-0.1, -0.05) is 267 Å². The minimum Gasteiger partial charge on any atom is -0.248 e. The highest BCUT2D eigenvalue weighted by Gasteiger charge is 2.20. The molecule has 0 aliphatic rings. The highest BCUT2D eigenvalue weighted by atomic mass is 14.8. The first-order chi connectivity index (χ1) is 40.7. The predicted molar refractivity (Wildman–Crippen MR) is 347 cm³/mol. The number of benzene rings is 14. The van der Waals surface area contributed by atoms with Gasteiger partial charge in [0, 0.05) is 44.5 Å². The molecule has 0 aliphatic heterocycles. The van der Waals surface area contributed by atoms with Gasteiger partial charge in [0.15, 0.2) is 0 Å². The minimum absolute atomic E-state index is 0.846. The predicted octanol–water partition coefficient (Wildman–Crippen LogP) is 20.1. The molecule has 0 fully saturated rings. The van der Waals surface area contributed by atoms with Gasteiger partial charge in [-0.3, -0.25) is 0 Å². The Labute approximate surface area is 476 Å². The molecule has 0 saturated heterocycles. The molecule has 0 aliphatic carbocycles. The van der Waals surface area contributed by atoms with Gasteiger partial charge in [-0.25, -0.2) is 20.0 Å². The molecule has 0 spiro atoms. The number of aliphatic imine (C=N–C) groups is 4. The normalized spacial score (nSPS) is 11.2. The van der Waals surface area contributed by atoms with Crippen LogP contribution in [0.2, 0.25) is 0 Å². The Morgan fingerprint density at radius 2 is 0.317 bits per heavy atom. The van der Waals surface area contributed by atoms with E-state index < -0.39 is 0 Å². The molecule has 0 radical (unpaired) electrons. The smallest absolute Gasteiger partial charge is 0.0781 e. The zero-order valence-electron chi connectivity index (χ0n) is 44.8. The summed E-state index contributed by atoms with van der Waals surface area (Å²) in [7, 11) is 0. The van der Waals surface area contributed by atoms with E-state index in [-0.39, 0.29) is 0 Å². The Kier molecular flexibility index (Phi) is 13.3. The van der Waals surface area contributed by atoms with Gasteiger partial charge >= 0.3 is 0 Å². The van der Waals surface area contributed by atoms with Crippen LogP contribution in [0.1, 0.15) is 44.5 Å². The van der Waals surface area contributed by atoms with E-state index >= 15 is 0 Å². The van der Waals surface area contributed by atoms with Crippen LogP contribution >= 0.6 is 0 Å². The average Bonchev–Trinajstić information content (AvgIpc) is 1.59. The zero-order valence-corrected chi connectivity index (χ0v) is 44.8. The second-order valence-electron chi connectivity index (χ2n) is 20.4. The van der Waals surface area contributed by atoms with Crippen LogP contribution in [0.4, 0.5) is 22.7 Å². The Morgan fingerprint density at radius 1 is 0.159 bits per heavy atom. The number of nitrogens with zero attached hydrogens (tertiary/aromatic N) is 4. The van der Waals surface area contributed by atoms with Crippen molar-refractivity contribution in [1.29, 1.82) is 0 Å². The first-order valence-corrected chi connectivity index (χ1v) is 27.8. The van der Waals surface area contributed by atoms with Crippen molar-refractivity contribution in [3.8, 4) is 0 Å². The lowest BCUT2D eigenvalue weighted by atomic mass is 9.86. The van der Waals surface area contributed by atoms with Crippen LogP contribution in [0.3, 0.4) is 0 Å². The number of hydrogen-bond donors (Lipinski definition) is 0. The van der Waals surface area contributed by atoms with Crippen molar-refractivity contribution >= 4 is 99.5 Å².